The second kappa shape index (κ2) is 8.01. The van der Waals surface area contributed by atoms with Gasteiger partial charge in [-0.15, -0.1) is 0 Å². The first-order chi connectivity index (χ1) is 15.5. The number of pyridine rings is 2. The van der Waals surface area contributed by atoms with Gasteiger partial charge in [0, 0.05) is 41.5 Å². The highest BCUT2D eigenvalue weighted by atomic mass is 16.5. The summed E-state index contributed by atoms with van der Waals surface area (Å²) < 4.78 is 7.88. The predicted molar refractivity (Wildman–Crippen MR) is 117 cm³/mol. The van der Waals surface area contributed by atoms with Crippen molar-refractivity contribution in [2.45, 2.75) is 38.2 Å². The van der Waals surface area contributed by atoms with Gasteiger partial charge >= 0.3 is 5.97 Å². The molecule has 1 fully saturated rings. The Morgan fingerprint density at radius 2 is 2.09 bits per heavy atom. The second-order valence-corrected chi connectivity index (χ2v) is 8.24. The van der Waals surface area contributed by atoms with Gasteiger partial charge in [-0.1, -0.05) is 6.07 Å². The molecule has 2 aromatic heterocycles. The van der Waals surface area contributed by atoms with Gasteiger partial charge < -0.3 is 29.9 Å². The third-order valence-electron chi connectivity index (χ3n) is 5.98. The zero-order chi connectivity index (χ0) is 22.4. The number of carbonyl (C=O) groups is 1. The van der Waals surface area contributed by atoms with Crippen molar-refractivity contribution in [3.05, 3.63) is 57.5 Å². The average molecular weight is 437 g/mol. The van der Waals surface area contributed by atoms with Crippen molar-refractivity contribution < 1.29 is 24.9 Å². The first kappa shape index (κ1) is 20.6. The number of nitrogens with one attached hydrogen (secondary N) is 1. The summed E-state index contributed by atoms with van der Waals surface area (Å²) in [4.78, 5) is 29.0. The quantitative estimate of drug-likeness (QED) is 0.459. The van der Waals surface area contributed by atoms with Gasteiger partial charge in [-0.2, -0.15) is 0 Å². The number of rotatable bonds is 6. The molecule has 1 aromatic carbocycles. The number of nitrogens with zero attached hydrogens (tertiary/aromatic N) is 2. The summed E-state index contributed by atoms with van der Waals surface area (Å²) in [6, 6.07) is 5.55. The molecule has 1 aliphatic carbocycles. The molecule has 0 radical (unpaired) electrons. The van der Waals surface area contributed by atoms with Crippen LogP contribution in [0.1, 0.15) is 40.4 Å². The number of hydrogen-bond acceptors (Lipinski definition) is 7. The molecule has 0 saturated heterocycles. The lowest BCUT2D eigenvalue weighted by Gasteiger charge is -2.17. The average Bonchev–Trinajstić information content (AvgIpc) is 3.64. The van der Waals surface area contributed by atoms with E-state index in [1.807, 2.05) is 16.7 Å². The Hall–Kier alpha value is -3.27. The van der Waals surface area contributed by atoms with E-state index in [0.29, 0.717) is 17.8 Å². The number of carboxylic acids is 1. The summed E-state index contributed by atoms with van der Waals surface area (Å²) in [7, 11) is 0. The fourth-order valence-corrected chi connectivity index (χ4v) is 4.22. The van der Waals surface area contributed by atoms with Gasteiger partial charge in [-0.05, 0) is 36.1 Å². The van der Waals surface area contributed by atoms with Crippen LogP contribution in [-0.4, -0.2) is 50.1 Å². The van der Waals surface area contributed by atoms with Crippen molar-refractivity contribution >= 4 is 22.7 Å². The molecular formula is C23H23N3O6. The number of carboxylic acid groups (broad SMARTS) is 1. The zero-order valence-electron chi connectivity index (χ0n) is 17.2. The Labute approximate surface area is 182 Å². The molecule has 9 heteroatoms. The number of anilines is 1. The van der Waals surface area contributed by atoms with E-state index < -0.39 is 17.5 Å². The molecule has 1 unspecified atom stereocenters. The van der Waals surface area contributed by atoms with E-state index >= 15 is 0 Å². The molecule has 5 rings (SSSR count). The molecule has 3 heterocycles. The number of aromatic carboxylic acids is 1. The zero-order valence-corrected chi connectivity index (χ0v) is 17.2. The molecule has 1 atom stereocenters. The van der Waals surface area contributed by atoms with Crippen LogP contribution in [0.4, 0.5) is 5.82 Å². The van der Waals surface area contributed by atoms with Gasteiger partial charge in [0.15, 0.2) is 0 Å². The Morgan fingerprint density at radius 3 is 2.81 bits per heavy atom. The first-order valence-electron chi connectivity index (χ1n) is 10.5. The Morgan fingerprint density at radius 1 is 1.28 bits per heavy atom. The van der Waals surface area contributed by atoms with Crippen molar-refractivity contribution in [2.24, 2.45) is 0 Å². The number of hydrogen-bond donors (Lipinski definition) is 4. The number of fused-ring (bicyclic) bond motifs is 5. The van der Waals surface area contributed by atoms with E-state index in [9.17, 15) is 19.8 Å². The number of aliphatic hydroxyl groups is 2. The van der Waals surface area contributed by atoms with Gasteiger partial charge in [-0.25, -0.2) is 9.78 Å². The third-order valence-corrected chi connectivity index (χ3v) is 5.98. The lowest BCUT2D eigenvalue weighted by Crippen LogP contribution is -2.23. The van der Waals surface area contributed by atoms with E-state index in [1.54, 1.807) is 12.3 Å². The highest BCUT2D eigenvalue weighted by Crippen LogP contribution is 2.41. The van der Waals surface area contributed by atoms with E-state index in [0.717, 1.165) is 40.6 Å². The van der Waals surface area contributed by atoms with Gasteiger partial charge in [0.1, 0.15) is 11.4 Å². The van der Waals surface area contributed by atoms with E-state index in [-0.39, 0.29) is 31.4 Å². The standard InChI is InChI=1S/C23H23N3O6/c27-9-14(28)6-24-20-5-12-10-32-11-19-15(17(12)7-25-20)3-4-16-21(19)26(13-1-2-13)8-18(22(16)29)23(30)31/h3-5,7-8,13-14,27-28H,1-2,6,9-11H2,(H,24,25)(H,30,31). The minimum absolute atomic E-state index is 0.171. The first-order valence-corrected chi connectivity index (χ1v) is 10.5. The monoisotopic (exact) mass is 437 g/mol. The van der Waals surface area contributed by atoms with E-state index in [4.69, 9.17) is 9.84 Å². The van der Waals surface area contributed by atoms with E-state index in [2.05, 4.69) is 10.3 Å². The molecule has 9 nitrogen and oxygen atoms in total. The van der Waals surface area contributed by atoms with Crippen LogP contribution >= 0.6 is 0 Å². The summed E-state index contributed by atoms with van der Waals surface area (Å²) >= 11 is 0. The minimum Gasteiger partial charge on any atom is -0.477 e. The highest BCUT2D eigenvalue weighted by Gasteiger charge is 2.29. The molecule has 4 N–H and O–H groups in total. The Kier molecular flexibility index (Phi) is 5.16. The normalized spacial score (nSPS) is 16.2. The van der Waals surface area contributed by atoms with E-state index in [1.165, 1.54) is 6.20 Å². The maximum Gasteiger partial charge on any atom is 0.341 e. The molecule has 3 aromatic rings. The van der Waals surface area contributed by atoms with Gasteiger partial charge in [0.2, 0.25) is 5.43 Å². The van der Waals surface area contributed by atoms with Gasteiger partial charge in [-0.3, -0.25) is 4.79 Å². The fourth-order valence-electron chi connectivity index (χ4n) is 4.22. The largest absolute Gasteiger partial charge is 0.477 e. The van der Waals surface area contributed by atoms with Crippen molar-refractivity contribution in [2.75, 3.05) is 18.5 Å². The molecule has 2 aliphatic rings. The van der Waals surface area contributed by atoms with Crippen LogP contribution in [0.5, 0.6) is 0 Å². The summed E-state index contributed by atoms with van der Waals surface area (Å²) in [5, 5.41) is 31.4. The number of benzene rings is 1. The summed E-state index contributed by atoms with van der Waals surface area (Å²) in [6.45, 7) is 0.454. The van der Waals surface area contributed by atoms with Crippen molar-refractivity contribution in [3.8, 4) is 11.1 Å². The van der Waals surface area contributed by atoms with Crippen LogP contribution in [0.25, 0.3) is 22.0 Å². The lowest BCUT2D eigenvalue weighted by atomic mass is 9.95. The molecule has 1 saturated carbocycles. The maximum atomic E-state index is 12.9. The molecule has 0 amide bonds. The number of ether oxygens (including phenoxy) is 1. The van der Waals surface area contributed by atoms with Gasteiger partial charge in [0.05, 0.1) is 31.4 Å². The van der Waals surface area contributed by atoms with Crippen LogP contribution in [0.15, 0.2) is 35.4 Å². The van der Waals surface area contributed by atoms with Crippen LogP contribution in [0.3, 0.4) is 0 Å². The van der Waals surface area contributed by atoms with Crippen molar-refractivity contribution in [1.29, 1.82) is 0 Å². The van der Waals surface area contributed by atoms with Crippen LogP contribution in [0, 0.1) is 0 Å². The SMILES string of the molecule is O=C(O)c1cn(C2CC2)c2c3c(ccc2c1=O)-c1cnc(NCC(O)CO)cc1COC3. The van der Waals surface area contributed by atoms with Gasteiger partial charge in [0.25, 0.3) is 0 Å². The lowest BCUT2D eigenvalue weighted by molar-refractivity contribution is 0.0695. The fraction of sp³-hybridized carbons (Fsp3) is 0.348. The smallest absolute Gasteiger partial charge is 0.341 e. The van der Waals surface area contributed by atoms with Crippen molar-refractivity contribution in [3.63, 3.8) is 0 Å². The molecule has 0 bridgehead atoms. The minimum atomic E-state index is -1.22. The predicted octanol–water partition coefficient (Wildman–Crippen LogP) is 1.89. The maximum absolute atomic E-state index is 12.9. The molecule has 32 heavy (non-hydrogen) atoms. The second-order valence-electron chi connectivity index (χ2n) is 8.24. The molecular weight excluding hydrogens is 414 g/mol. The van der Waals surface area contributed by atoms with Crippen LogP contribution in [0.2, 0.25) is 0 Å². The molecule has 166 valence electrons. The molecule has 0 spiro atoms. The number of aromatic nitrogens is 2. The molecule has 1 aliphatic heterocycles. The number of aliphatic hydroxyl groups excluding tert-OH is 2. The van der Waals surface area contributed by atoms with Crippen LogP contribution in [-0.2, 0) is 18.0 Å². The topological polar surface area (TPSA) is 134 Å². The Bertz CT molecular complexity index is 1280. The highest BCUT2D eigenvalue weighted by molar-refractivity contribution is 5.96. The summed E-state index contributed by atoms with van der Waals surface area (Å²) in [6.07, 6.45) is 4.19. The van der Waals surface area contributed by atoms with Crippen molar-refractivity contribution in [1.82, 2.24) is 9.55 Å². The third kappa shape index (κ3) is 3.54. The summed E-state index contributed by atoms with van der Waals surface area (Å²) in [5.41, 5.74) is 3.54. The summed E-state index contributed by atoms with van der Waals surface area (Å²) in [5.74, 6) is -0.663. The Balaban J connectivity index is 1.65. The van der Waals surface area contributed by atoms with Crippen LogP contribution < -0.4 is 10.7 Å².